The Bertz CT molecular complexity index is 1280. The van der Waals surface area contributed by atoms with Crippen LogP contribution < -0.4 is 10.2 Å². The highest BCUT2D eigenvalue weighted by molar-refractivity contribution is 8.18. The van der Waals surface area contributed by atoms with Crippen molar-refractivity contribution in [1.29, 1.82) is 0 Å². The van der Waals surface area contributed by atoms with E-state index in [1.165, 1.54) is 11.3 Å². The quantitative estimate of drug-likeness (QED) is 0.476. The minimum absolute atomic E-state index is 0.0788. The summed E-state index contributed by atoms with van der Waals surface area (Å²) in [7, 11) is 0. The van der Waals surface area contributed by atoms with Gasteiger partial charge in [-0.1, -0.05) is 24.6 Å². The first-order valence-electron chi connectivity index (χ1n) is 12.5. The normalized spacial score (nSPS) is 20.2. The number of anilines is 2. The molecule has 190 valence electrons. The van der Waals surface area contributed by atoms with Crippen LogP contribution in [0.2, 0.25) is 0 Å². The third-order valence-corrected chi connectivity index (χ3v) is 8.11. The molecule has 2 aromatic rings. The molecule has 1 unspecified atom stereocenters. The van der Waals surface area contributed by atoms with Crippen molar-refractivity contribution in [3.8, 4) is 0 Å². The van der Waals surface area contributed by atoms with E-state index in [4.69, 9.17) is 0 Å². The van der Waals surface area contributed by atoms with Crippen molar-refractivity contribution in [3.05, 3.63) is 63.1 Å². The molecule has 3 amide bonds. The van der Waals surface area contributed by atoms with Crippen LogP contribution in [0.5, 0.6) is 0 Å². The van der Waals surface area contributed by atoms with Gasteiger partial charge in [0.2, 0.25) is 5.91 Å². The molecule has 2 aromatic carbocycles. The Kier molecular flexibility index (Phi) is 7.06. The summed E-state index contributed by atoms with van der Waals surface area (Å²) < 4.78 is 0. The molecule has 1 fully saturated rings. The Labute approximate surface area is 218 Å². The molecule has 1 saturated heterocycles. The van der Waals surface area contributed by atoms with Gasteiger partial charge in [-0.15, -0.1) is 0 Å². The Balaban J connectivity index is 1.55. The number of rotatable bonds is 5. The summed E-state index contributed by atoms with van der Waals surface area (Å²) in [5, 5.41) is 2.39. The second-order valence-corrected chi connectivity index (χ2v) is 11.6. The lowest BCUT2D eigenvalue weighted by Crippen LogP contribution is -2.48. The fourth-order valence-electron chi connectivity index (χ4n) is 5.47. The van der Waals surface area contributed by atoms with Gasteiger partial charge in [0.1, 0.15) is 6.54 Å². The van der Waals surface area contributed by atoms with Gasteiger partial charge in [0.25, 0.3) is 11.1 Å². The van der Waals surface area contributed by atoms with Gasteiger partial charge in [-0.3, -0.25) is 19.3 Å². The second-order valence-electron chi connectivity index (χ2n) is 10.6. The maximum Gasteiger partial charge on any atom is 0.294 e. The van der Waals surface area contributed by atoms with Gasteiger partial charge in [-0.25, -0.2) is 0 Å². The maximum absolute atomic E-state index is 13.1. The monoisotopic (exact) mass is 505 g/mol. The van der Waals surface area contributed by atoms with E-state index in [-0.39, 0.29) is 12.1 Å². The number of carbonyl (C=O) groups is 3. The predicted octanol–water partition coefficient (Wildman–Crippen LogP) is 6.40. The molecule has 1 N–H and O–H groups in total. The highest BCUT2D eigenvalue weighted by Crippen LogP contribution is 2.45. The summed E-state index contributed by atoms with van der Waals surface area (Å²) in [6, 6.07) is 10.1. The predicted molar refractivity (Wildman–Crippen MR) is 149 cm³/mol. The number of thioether (sulfide) groups is 1. The Morgan fingerprint density at radius 3 is 2.53 bits per heavy atom. The molecule has 36 heavy (non-hydrogen) atoms. The van der Waals surface area contributed by atoms with Crippen LogP contribution in [0.3, 0.4) is 0 Å². The van der Waals surface area contributed by atoms with Crippen molar-refractivity contribution in [3.63, 3.8) is 0 Å². The van der Waals surface area contributed by atoms with Crippen LogP contribution in [-0.2, 0) is 9.59 Å². The SMILES string of the molecule is CCN1c2cc(C)c(/C=C3/SC(=O)N(CC(=O)Nc4ccc(C)cc4C)C3=O)cc2C(C)CC1(C)C. The van der Waals surface area contributed by atoms with E-state index >= 15 is 0 Å². The standard InChI is InChI=1S/C29H35N3O3S/c1-8-32-24-12-18(3)21(13-22(24)20(5)15-29(32,6)7)14-25-27(34)31(28(35)36-25)16-26(33)30-23-10-9-17(2)11-19(23)4/h9-14,20H,8,15-16H2,1-7H3,(H,30,33)/b25-14+. The molecular weight excluding hydrogens is 470 g/mol. The van der Waals surface area contributed by atoms with Gasteiger partial charge in [0.15, 0.2) is 0 Å². The Morgan fingerprint density at radius 1 is 1.14 bits per heavy atom. The van der Waals surface area contributed by atoms with E-state index in [9.17, 15) is 14.4 Å². The number of nitrogens with one attached hydrogen (secondary N) is 1. The Hall–Kier alpha value is -3.06. The van der Waals surface area contributed by atoms with E-state index in [2.05, 4.69) is 50.0 Å². The number of amides is 3. The van der Waals surface area contributed by atoms with Crippen molar-refractivity contribution >= 4 is 46.3 Å². The van der Waals surface area contributed by atoms with E-state index < -0.39 is 17.1 Å². The number of carbonyl (C=O) groups excluding carboxylic acids is 3. The van der Waals surface area contributed by atoms with Gasteiger partial charge in [-0.05, 0) is 112 Å². The molecule has 2 aliphatic rings. The zero-order chi connectivity index (χ0) is 26.4. The molecule has 0 aromatic heterocycles. The topological polar surface area (TPSA) is 69.7 Å². The van der Waals surface area contributed by atoms with Gasteiger partial charge in [-0.2, -0.15) is 0 Å². The second kappa shape index (κ2) is 9.77. The van der Waals surface area contributed by atoms with Crippen LogP contribution in [0, 0.1) is 20.8 Å². The molecule has 0 saturated carbocycles. The van der Waals surface area contributed by atoms with Crippen molar-refractivity contribution < 1.29 is 14.4 Å². The molecule has 0 radical (unpaired) electrons. The average Bonchev–Trinajstić information content (AvgIpc) is 3.04. The number of imide groups is 1. The number of hydrogen-bond acceptors (Lipinski definition) is 5. The lowest BCUT2D eigenvalue weighted by Gasteiger charge is -2.47. The van der Waals surface area contributed by atoms with Gasteiger partial charge < -0.3 is 10.2 Å². The first kappa shape index (κ1) is 26.0. The summed E-state index contributed by atoms with van der Waals surface area (Å²) in [5.41, 5.74) is 7.27. The number of benzene rings is 2. The summed E-state index contributed by atoms with van der Waals surface area (Å²) >= 11 is 0.890. The zero-order valence-corrected chi connectivity index (χ0v) is 23.0. The van der Waals surface area contributed by atoms with Crippen molar-refractivity contribution in [2.75, 3.05) is 23.3 Å². The molecule has 0 aliphatic carbocycles. The highest BCUT2D eigenvalue weighted by atomic mass is 32.2. The van der Waals surface area contributed by atoms with Crippen molar-refractivity contribution in [2.24, 2.45) is 0 Å². The molecule has 1 atom stereocenters. The summed E-state index contributed by atoms with van der Waals surface area (Å²) in [6.45, 7) is 15.5. The van der Waals surface area contributed by atoms with E-state index in [0.29, 0.717) is 16.5 Å². The first-order valence-corrected chi connectivity index (χ1v) is 13.3. The minimum atomic E-state index is -0.428. The fourth-order valence-corrected chi connectivity index (χ4v) is 6.30. The molecule has 6 nitrogen and oxygen atoms in total. The minimum Gasteiger partial charge on any atom is -0.366 e. The molecule has 7 heteroatoms. The fraction of sp³-hybridized carbons (Fsp3) is 0.414. The van der Waals surface area contributed by atoms with Crippen molar-refractivity contribution in [2.45, 2.75) is 66.3 Å². The number of nitrogens with zero attached hydrogens (tertiary/aromatic N) is 2. The highest BCUT2D eigenvalue weighted by Gasteiger charge is 2.38. The zero-order valence-electron chi connectivity index (χ0n) is 22.2. The van der Waals surface area contributed by atoms with Crippen LogP contribution >= 0.6 is 11.8 Å². The molecule has 2 heterocycles. The number of aryl methyl sites for hydroxylation is 3. The number of hydrogen-bond donors (Lipinski definition) is 1. The lowest BCUT2D eigenvalue weighted by atomic mass is 9.79. The van der Waals surface area contributed by atoms with Crippen molar-refractivity contribution in [1.82, 2.24) is 4.90 Å². The third-order valence-electron chi connectivity index (χ3n) is 7.21. The van der Waals surface area contributed by atoms with Crippen LogP contribution in [0.4, 0.5) is 16.2 Å². The van der Waals surface area contributed by atoms with Gasteiger partial charge in [0.05, 0.1) is 4.91 Å². The lowest BCUT2D eigenvalue weighted by molar-refractivity contribution is -0.127. The summed E-state index contributed by atoms with van der Waals surface area (Å²) in [4.78, 5) is 42.2. The molecule has 2 aliphatic heterocycles. The smallest absolute Gasteiger partial charge is 0.294 e. The number of fused-ring (bicyclic) bond motifs is 1. The van der Waals surface area contributed by atoms with E-state index in [1.54, 1.807) is 6.08 Å². The van der Waals surface area contributed by atoms with E-state index in [1.807, 2.05) is 39.0 Å². The maximum atomic E-state index is 13.1. The Morgan fingerprint density at radius 2 is 1.86 bits per heavy atom. The molecule has 4 rings (SSSR count). The summed E-state index contributed by atoms with van der Waals surface area (Å²) in [6.07, 6.45) is 2.84. The van der Waals surface area contributed by atoms with Gasteiger partial charge in [0, 0.05) is 23.5 Å². The average molecular weight is 506 g/mol. The molecule has 0 spiro atoms. The van der Waals surface area contributed by atoms with Crippen LogP contribution in [0.25, 0.3) is 6.08 Å². The van der Waals surface area contributed by atoms with Crippen LogP contribution in [0.1, 0.15) is 67.9 Å². The largest absolute Gasteiger partial charge is 0.366 e. The van der Waals surface area contributed by atoms with Crippen LogP contribution in [-0.4, -0.2) is 40.6 Å². The molecule has 0 bridgehead atoms. The van der Waals surface area contributed by atoms with E-state index in [0.717, 1.165) is 51.9 Å². The van der Waals surface area contributed by atoms with Gasteiger partial charge >= 0.3 is 0 Å². The van der Waals surface area contributed by atoms with Crippen LogP contribution in [0.15, 0.2) is 35.2 Å². The first-order chi connectivity index (χ1) is 16.9. The molecular formula is C29H35N3O3S. The summed E-state index contributed by atoms with van der Waals surface area (Å²) in [5.74, 6) is -0.441. The third kappa shape index (κ3) is 4.94.